The van der Waals surface area contributed by atoms with Gasteiger partial charge in [-0.15, -0.1) is 0 Å². The molecular weight excluding hydrogens is 265 g/mol. The SMILES string of the molecule is [N-]=[N+]=Nc1cccc2c(S(=O)(=O)[O-])cccc12.[Na+]. The summed E-state index contributed by atoms with van der Waals surface area (Å²) in [5.74, 6) is 0. The van der Waals surface area contributed by atoms with E-state index in [2.05, 4.69) is 10.0 Å². The van der Waals surface area contributed by atoms with E-state index in [1.807, 2.05) is 0 Å². The molecule has 6 nitrogen and oxygen atoms in total. The van der Waals surface area contributed by atoms with Gasteiger partial charge in [-0.25, -0.2) is 8.42 Å². The molecule has 0 heterocycles. The predicted molar refractivity (Wildman–Crippen MR) is 60.7 cm³/mol. The second-order valence-electron chi connectivity index (χ2n) is 3.27. The molecule has 0 saturated heterocycles. The minimum Gasteiger partial charge on any atom is -0.744 e. The first-order chi connectivity index (χ1) is 8.04. The van der Waals surface area contributed by atoms with Gasteiger partial charge in [0.25, 0.3) is 0 Å². The molecule has 0 aliphatic heterocycles. The normalized spacial score (nSPS) is 10.5. The van der Waals surface area contributed by atoms with Crippen molar-refractivity contribution in [2.24, 2.45) is 5.11 Å². The molecule has 0 saturated carbocycles. The Morgan fingerprint density at radius 1 is 1.11 bits per heavy atom. The van der Waals surface area contributed by atoms with Gasteiger partial charge in [-0.2, -0.15) is 0 Å². The first-order valence-electron chi connectivity index (χ1n) is 4.57. The second kappa shape index (κ2) is 5.71. The van der Waals surface area contributed by atoms with Crippen LogP contribution in [-0.4, -0.2) is 13.0 Å². The Morgan fingerprint density at radius 3 is 2.33 bits per heavy atom. The molecule has 2 aromatic rings. The van der Waals surface area contributed by atoms with Crippen LogP contribution >= 0.6 is 0 Å². The number of hydrogen-bond donors (Lipinski definition) is 0. The Bertz CT molecular complexity index is 739. The molecule has 0 atom stereocenters. The Hall–Kier alpha value is -1.08. The summed E-state index contributed by atoms with van der Waals surface area (Å²) in [4.78, 5) is 2.33. The molecule has 0 aromatic heterocycles. The molecule has 86 valence electrons. The van der Waals surface area contributed by atoms with Gasteiger partial charge in [0, 0.05) is 10.6 Å². The van der Waals surface area contributed by atoms with Gasteiger partial charge in [-0.05, 0) is 22.4 Å². The van der Waals surface area contributed by atoms with Crippen LogP contribution in [0.3, 0.4) is 0 Å². The maximum absolute atomic E-state index is 11.1. The molecule has 0 bridgehead atoms. The number of benzene rings is 2. The molecule has 18 heavy (non-hydrogen) atoms. The third-order valence-electron chi connectivity index (χ3n) is 2.28. The fourth-order valence-corrected chi connectivity index (χ4v) is 2.31. The molecule has 0 aliphatic rings. The van der Waals surface area contributed by atoms with Gasteiger partial charge in [0.1, 0.15) is 10.1 Å². The van der Waals surface area contributed by atoms with E-state index in [1.165, 1.54) is 24.3 Å². The Labute approximate surface area is 125 Å². The van der Waals surface area contributed by atoms with Gasteiger partial charge in [0.15, 0.2) is 0 Å². The molecule has 2 aromatic carbocycles. The molecule has 2 rings (SSSR count). The maximum Gasteiger partial charge on any atom is 1.00 e. The van der Waals surface area contributed by atoms with Crippen molar-refractivity contribution in [3.8, 4) is 0 Å². The summed E-state index contributed by atoms with van der Waals surface area (Å²) in [5.41, 5.74) is 8.67. The largest absolute Gasteiger partial charge is 1.00 e. The third-order valence-corrected chi connectivity index (χ3v) is 3.18. The predicted octanol–water partition coefficient (Wildman–Crippen LogP) is -0.310. The third kappa shape index (κ3) is 2.84. The summed E-state index contributed by atoms with van der Waals surface area (Å²) in [6.07, 6.45) is 0. The maximum atomic E-state index is 11.1. The van der Waals surface area contributed by atoms with Crippen molar-refractivity contribution in [3.63, 3.8) is 0 Å². The summed E-state index contributed by atoms with van der Waals surface area (Å²) in [6.45, 7) is 0. The smallest absolute Gasteiger partial charge is 0.744 e. The standard InChI is InChI=1S/C10H7N3O3S.Na/c11-13-12-9-5-1-4-8-7(9)3-2-6-10(8)17(14,15)16;/h1-6H,(H,14,15,16);/q;+1/p-1. The molecule has 0 fully saturated rings. The summed E-state index contributed by atoms with van der Waals surface area (Å²) >= 11 is 0. The van der Waals surface area contributed by atoms with E-state index in [0.29, 0.717) is 5.39 Å². The van der Waals surface area contributed by atoms with E-state index >= 15 is 0 Å². The van der Waals surface area contributed by atoms with Gasteiger partial charge in [0.2, 0.25) is 0 Å². The van der Waals surface area contributed by atoms with Crippen molar-refractivity contribution in [3.05, 3.63) is 46.8 Å². The van der Waals surface area contributed by atoms with Crippen molar-refractivity contribution in [1.82, 2.24) is 0 Å². The van der Waals surface area contributed by atoms with Crippen LogP contribution in [0, 0.1) is 0 Å². The molecule has 0 aliphatic carbocycles. The number of nitrogens with zero attached hydrogens (tertiary/aromatic N) is 3. The molecule has 0 unspecified atom stereocenters. The van der Waals surface area contributed by atoms with Crippen molar-refractivity contribution in [2.45, 2.75) is 4.90 Å². The number of fused-ring (bicyclic) bond motifs is 1. The van der Waals surface area contributed by atoms with Crippen LogP contribution in [0.2, 0.25) is 0 Å². The fraction of sp³-hybridized carbons (Fsp3) is 0. The quantitative estimate of drug-likeness (QED) is 0.246. The Balaban J connectivity index is 0.00000162. The fourth-order valence-electron chi connectivity index (χ4n) is 1.62. The van der Waals surface area contributed by atoms with Crippen molar-refractivity contribution in [2.75, 3.05) is 0 Å². The van der Waals surface area contributed by atoms with E-state index < -0.39 is 10.1 Å². The topological polar surface area (TPSA) is 106 Å². The monoisotopic (exact) mass is 271 g/mol. The Morgan fingerprint density at radius 2 is 1.72 bits per heavy atom. The summed E-state index contributed by atoms with van der Waals surface area (Å²) in [5, 5.41) is 4.13. The minimum atomic E-state index is -4.55. The van der Waals surface area contributed by atoms with E-state index in [0.717, 1.165) is 0 Å². The van der Waals surface area contributed by atoms with Gasteiger partial charge in [-0.3, -0.25) is 0 Å². The van der Waals surface area contributed by atoms with E-state index in [9.17, 15) is 13.0 Å². The molecule has 0 N–H and O–H groups in total. The van der Waals surface area contributed by atoms with Crippen LogP contribution < -0.4 is 29.6 Å². The van der Waals surface area contributed by atoms with Crippen LogP contribution in [0.4, 0.5) is 5.69 Å². The molecule has 0 spiro atoms. The zero-order chi connectivity index (χ0) is 12.5. The first kappa shape index (κ1) is 15.0. The number of azide groups is 1. The van der Waals surface area contributed by atoms with Crippen LogP contribution in [0.5, 0.6) is 0 Å². The summed E-state index contributed by atoms with van der Waals surface area (Å²) in [6, 6.07) is 8.82. The van der Waals surface area contributed by atoms with E-state index in [1.54, 1.807) is 12.1 Å². The average molecular weight is 271 g/mol. The van der Waals surface area contributed by atoms with E-state index in [-0.39, 0.29) is 45.5 Å². The average Bonchev–Trinajstić information content (AvgIpc) is 2.28. The summed E-state index contributed by atoms with van der Waals surface area (Å²) in [7, 11) is -4.55. The first-order valence-corrected chi connectivity index (χ1v) is 5.97. The Kier molecular flexibility index (Phi) is 4.75. The van der Waals surface area contributed by atoms with Crippen molar-refractivity contribution in [1.29, 1.82) is 0 Å². The summed E-state index contributed by atoms with van der Waals surface area (Å²) < 4.78 is 33.2. The van der Waals surface area contributed by atoms with Crippen LogP contribution in [-0.2, 0) is 10.1 Å². The number of hydrogen-bond acceptors (Lipinski definition) is 4. The molecule has 8 heteroatoms. The van der Waals surface area contributed by atoms with Gasteiger partial charge in [-0.1, -0.05) is 35.4 Å². The van der Waals surface area contributed by atoms with Gasteiger partial charge in [0.05, 0.1) is 4.90 Å². The molecular formula is C10H6N3NaO3S. The molecule has 0 amide bonds. The molecule has 0 radical (unpaired) electrons. The van der Waals surface area contributed by atoms with E-state index in [4.69, 9.17) is 5.53 Å². The van der Waals surface area contributed by atoms with Crippen LogP contribution in [0.25, 0.3) is 21.2 Å². The van der Waals surface area contributed by atoms with Gasteiger partial charge >= 0.3 is 29.6 Å². The van der Waals surface area contributed by atoms with Crippen molar-refractivity contribution < 1.29 is 42.5 Å². The zero-order valence-electron chi connectivity index (χ0n) is 9.44. The van der Waals surface area contributed by atoms with Crippen LogP contribution in [0.15, 0.2) is 46.4 Å². The second-order valence-corrected chi connectivity index (χ2v) is 4.62. The number of rotatable bonds is 2. The minimum absolute atomic E-state index is 0. The van der Waals surface area contributed by atoms with Crippen molar-refractivity contribution >= 4 is 26.6 Å². The van der Waals surface area contributed by atoms with Gasteiger partial charge < -0.3 is 4.55 Å². The zero-order valence-corrected chi connectivity index (χ0v) is 12.3. The van der Waals surface area contributed by atoms with Crippen LogP contribution in [0.1, 0.15) is 0 Å².